The summed E-state index contributed by atoms with van der Waals surface area (Å²) in [7, 11) is 0. The normalized spacial score (nSPS) is 21.9. The number of carbonyl (C=O) groups is 3. The zero-order valence-corrected chi connectivity index (χ0v) is 12.0. The summed E-state index contributed by atoms with van der Waals surface area (Å²) in [4.78, 5) is 38.7. The number of thiophene rings is 1. The number of imide groups is 1. The third-order valence-electron chi connectivity index (χ3n) is 3.58. The highest BCUT2D eigenvalue weighted by Crippen LogP contribution is 2.37. The first-order chi connectivity index (χ1) is 9.41. The van der Waals surface area contributed by atoms with Crippen molar-refractivity contribution >= 4 is 29.1 Å². The van der Waals surface area contributed by atoms with Gasteiger partial charge in [-0.15, -0.1) is 11.3 Å². The smallest absolute Gasteiger partial charge is 0.263 e. The molecule has 0 aliphatic carbocycles. The van der Waals surface area contributed by atoms with Crippen molar-refractivity contribution in [1.82, 2.24) is 10.2 Å². The second kappa shape index (κ2) is 4.28. The number of amides is 3. The molecule has 2 aliphatic rings. The Morgan fingerprint density at radius 3 is 2.60 bits per heavy atom. The highest BCUT2D eigenvalue weighted by Gasteiger charge is 2.47. The summed E-state index contributed by atoms with van der Waals surface area (Å²) in [5.41, 5.74) is 1.44. The number of fused-ring (bicyclic) bond motifs is 1. The predicted molar refractivity (Wildman–Crippen MR) is 74.6 cm³/mol. The van der Waals surface area contributed by atoms with E-state index in [9.17, 15) is 14.4 Å². The van der Waals surface area contributed by atoms with E-state index in [-0.39, 0.29) is 23.6 Å². The molecule has 3 rings (SSSR count). The van der Waals surface area contributed by atoms with Crippen LogP contribution >= 0.6 is 11.3 Å². The molecular formula is C14H14N2O3S. The zero-order chi connectivity index (χ0) is 14.6. The van der Waals surface area contributed by atoms with Crippen LogP contribution in [0.3, 0.4) is 0 Å². The fourth-order valence-corrected chi connectivity index (χ4v) is 3.70. The fraction of sp³-hybridized carbons (Fsp3) is 0.357. The Morgan fingerprint density at radius 2 is 2.05 bits per heavy atom. The average molecular weight is 290 g/mol. The third kappa shape index (κ3) is 1.64. The predicted octanol–water partition coefficient (Wildman–Crippen LogP) is 1.87. The van der Waals surface area contributed by atoms with Crippen molar-refractivity contribution < 1.29 is 14.4 Å². The van der Waals surface area contributed by atoms with Gasteiger partial charge in [0, 0.05) is 22.4 Å². The van der Waals surface area contributed by atoms with Crippen LogP contribution in [0, 0.1) is 0 Å². The van der Waals surface area contributed by atoms with Crippen molar-refractivity contribution in [2.24, 2.45) is 0 Å². The molecule has 20 heavy (non-hydrogen) atoms. The first kappa shape index (κ1) is 13.1. The molecule has 0 bridgehead atoms. The largest absolute Gasteiger partial charge is 0.328 e. The van der Waals surface area contributed by atoms with E-state index >= 15 is 0 Å². The van der Waals surface area contributed by atoms with Gasteiger partial charge in [-0.2, -0.15) is 0 Å². The summed E-state index contributed by atoms with van der Waals surface area (Å²) in [5.74, 6) is -0.891. The van der Waals surface area contributed by atoms with E-state index < -0.39 is 6.04 Å². The van der Waals surface area contributed by atoms with Gasteiger partial charge in [-0.3, -0.25) is 19.3 Å². The molecule has 0 aromatic carbocycles. The number of rotatable bonds is 2. The minimum atomic E-state index is -0.764. The molecule has 0 spiro atoms. The minimum absolute atomic E-state index is 0.174. The van der Waals surface area contributed by atoms with E-state index in [0.29, 0.717) is 23.2 Å². The van der Waals surface area contributed by atoms with Crippen LogP contribution in [0.5, 0.6) is 0 Å². The molecule has 3 heterocycles. The van der Waals surface area contributed by atoms with Gasteiger partial charge in [0.15, 0.2) is 0 Å². The molecular weight excluding hydrogens is 276 g/mol. The Labute approximate surface area is 120 Å². The van der Waals surface area contributed by atoms with Crippen molar-refractivity contribution in [3.8, 4) is 0 Å². The summed E-state index contributed by atoms with van der Waals surface area (Å²) >= 11 is 1.43. The SMILES string of the molecule is C=C1CC(N2C(=O)c3csc(C(C)C)c3C2=O)C(=O)N1. The second-order valence-corrected chi connectivity index (χ2v) is 6.25. The van der Waals surface area contributed by atoms with Crippen LogP contribution in [0.25, 0.3) is 0 Å². The molecule has 0 saturated carbocycles. The standard InChI is InChI=1S/C14H14N2O3S/c1-6(2)11-10-8(5-20-11)13(18)16(14(10)19)9-4-7(3)15-12(9)17/h5-6,9H,3-4H2,1-2H3,(H,15,17). The number of carbonyl (C=O) groups excluding carboxylic acids is 3. The number of nitrogens with one attached hydrogen (secondary N) is 1. The molecule has 6 heteroatoms. The van der Waals surface area contributed by atoms with E-state index in [2.05, 4.69) is 11.9 Å². The molecule has 0 radical (unpaired) electrons. The minimum Gasteiger partial charge on any atom is -0.328 e. The van der Waals surface area contributed by atoms with Gasteiger partial charge in [0.05, 0.1) is 11.1 Å². The van der Waals surface area contributed by atoms with Gasteiger partial charge in [-0.25, -0.2) is 0 Å². The maximum absolute atomic E-state index is 12.5. The lowest BCUT2D eigenvalue weighted by Crippen LogP contribution is -2.44. The maximum atomic E-state index is 12.5. The molecule has 1 aromatic rings. The van der Waals surface area contributed by atoms with Crippen molar-refractivity contribution in [1.29, 1.82) is 0 Å². The van der Waals surface area contributed by atoms with Crippen LogP contribution in [0.4, 0.5) is 0 Å². The lowest BCUT2D eigenvalue weighted by atomic mass is 10.1. The molecule has 1 aromatic heterocycles. The monoisotopic (exact) mass is 290 g/mol. The summed E-state index contributed by atoms with van der Waals surface area (Å²) in [6.07, 6.45) is 0.293. The van der Waals surface area contributed by atoms with Gasteiger partial charge in [0.25, 0.3) is 11.8 Å². The number of hydrogen-bond acceptors (Lipinski definition) is 4. The Balaban J connectivity index is 2.02. The Hall–Kier alpha value is -1.95. The molecule has 1 unspecified atom stereocenters. The van der Waals surface area contributed by atoms with E-state index in [1.54, 1.807) is 5.38 Å². The summed E-state index contributed by atoms with van der Waals surface area (Å²) in [5, 5.41) is 4.28. The summed E-state index contributed by atoms with van der Waals surface area (Å²) < 4.78 is 0. The highest BCUT2D eigenvalue weighted by atomic mass is 32.1. The first-order valence-electron chi connectivity index (χ1n) is 6.39. The van der Waals surface area contributed by atoms with Crippen LogP contribution < -0.4 is 5.32 Å². The lowest BCUT2D eigenvalue weighted by Gasteiger charge is -2.19. The molecule has 2 aliphatic heterocycles. The van der Waals surface area contributed by atoms with Crippen molar-refractivity contribution in [3.63, 3.8) is 0 Å². The molecule has 104 valence electrons. The Bertz CT molecular complexity index is 659. The third-order valence-corrected chi connectivity index (χ3v) is 4.86. The highest BCUT2D eigenvalue weighted by molar-refractivity contribution is 7.10. The van der Waals surface area contributed by atoms with E-state index in [1.165, 1.54) is 11.3 Å². The molecule has 1 saturated heterocycles. The van der Waals surface area contributed by atoms with Crippen molar-refractivity contribution in [2.45, 2.75) is 32.2 Å². The van der Waals surface area contributed by atoms with Gasteiger partial charge < -0.3 is 5.32 Å². The van der Waals surface area contributed by atoms with Crippen LogP contribution in [-0.2, 0) is 4.79 Å². The second-order valence-electron chi connectivity index (χ2n) is 5.34. The zero-order valence-electron chi connectivity index (χ0n) is 11.2. The molecule has 3 amide bonds. The van der Waals surface area contributed by atoms with Gasteiger partial charge in [-0.05, 0) is 5.92 Å². The van der Waals surface area contributed by atoms with Crippen LogP contribution in [-0.4, -0.2) is 28.7 Å². The Morgan fingerprint density at radius 1 is 1.35 bits per heavy atom. The van der Waals surface area contributed by atoms with Gasteiger partial charge in [0.1, 0.15) is 6.04 Å². The maximum Gasteiger partial charge on any atom is 0.263 e. The van der Waals surface area contributed by atoms with E-state index in [1.807, 2.05) is 13.8 Å². The van der Waals surface area contributed by atoms with Gasteiger partial charge in [0.2, 0.25) is 5.91 Å². The van der Waals surface area contributed by atoms with Crippen LogP contribution in [0.2, 0.25) is 0 Å². The molecule has 1 atom stereocenters. The fourth-order valence-electron chi connectivity index (χ4n) is 2.64. The van der Waals surface area contributed by atoms with E-state index in [0.717, 1.165) is 9.78 Å². The van der Waals surface area contributed by atoms with Crippen LogP contribution in [0.15, 0.2) is 17.7 Å². The quantitative estimate of drug-likeness (QED) is 0.846. The first-order valence-corrected chi connectivity index (χ1v) is 7.27. The lowest BCUT2D eigenvalue weighted by molar-refractivity contribution is -0.122. The van der Waals surface area contributed by atoms with Crippen molar-refractivity contribution in [2.75, 3.05) is 0 Å². The number of nitrogens with zero attached hydrogens (tertiary/aromatic N) is 1. The molecule has 1 fully saturated rings. The topological polar surface area (TPSA) is 66.5 Å². The molecule has 1 N–H and O–H groups in total. The Kier molecular flexibility index (Phi) is 2.79. The van der Waals surface area contributed by atoms with Crippen molar-refractivity contribution in [3.05, 3.63) is 33.7 Å². The van der Waals surface area contributed by atoms with Crippen LogP contribution in [0.1, 0.15) is 51.8 Å². The molecule has 5 nitrogen and oxygen atoms in total. The summed E-state index contributed by atoms with van der Waals surface area (Å²) in [6.45, 7) is 7.65. The number of hydrogen-bond donors (Lipinski definition) is 1. The summed E-state index contributed by atoms with van der Waals surface area (Å²) in [6, 6.07) is -0.764. The van der Waals surface area contributed by atoms with Gasteiger partial charge >= 0.3 is 0 Å². The average Bonchev–Trinajstić information content (AvgIpc) is 2.98. The van der Waals surface area contributed by atoms with E-state index in [4.69, 9.17) is 0 Å². The van der Waals surface area contributed by atoms with Gasteiger partial charge in [-0.1, -0.05) is 20.4 Å².